The van der Waals surface area contributed by atoms with Gasteiger partial charge in [0.25, 0.3) is 0 Å². The van der Waals surface area contributed by atoms with E-state index in [0.717, 1.165) is 10.7 Å². The fraction of sp³-hybridized carbons (Fsp3) is 0.267. The third-order valence-electron chi connectivity index (χ3n) is 2.74. The minimum atomic E-state index is -0.282. The van der Waals surface area contributed by atoms with Crippen molar-refractivity contribution in [1.82, 2.24) is 9.97 Å². The van der Waals surface area contributed by atoms with Crippen molar-refractivity contribution in [3.05, 3.63) is 46.9 Å². The summed E-state index contributed by atoms with van der Waals surface area (Å²) < 4.78 is 0. The number of nitrogens with zero attached hydrogens (tertiary/aromatic N) is 2. The Morgan fingerprint density at radius 3 is 2.67 bits per heavy atom. The molecule has 110 valence electrons. The van der Waals surface area contributed by atoms with Crippen LogP contribution in [0.5, 0.6) is 0 Å². The molecule has 1 aromatic heterocycles. The van der Waals surface area contributed by atoms with E-state index in [4.69, 9.17) is 11.6 Å². The molecule has 6 heteroatoms. The Morgan fingerprint density at radius 2 is 2.00 bits per heavy atom. The Kier molecular flexibility index (Phi) is 5.20. The van der Waals surface area contributed by atoms with Crippen molar-refractivity contribution in [2.45, 2.75) is 31.0 Å². The summed E-state index contributed by atoms with van der Waals surface area (Å²) in [4.78, 5) is 20.8. The zero-order chi connectivity index (χ0) is 15.4. The highest BCUT2D eigenvalue weighted by Crippen LogP contribution is 2.25. The molecule has 2 rings (SSSR count). The summed E-state index contributed by atoms with van der Waals surface area (Å²) in [6.45, 7) is 5.59. The second-order valence-electron chi connectivity index (χ2n) is 4.62. The summed E-state index contributed by atoms with van der Waals surface area (Å²) in [6, 6.07) is 9.04. The third kappa shape index (κ3) is 4.44. The monoisotopic (exact) mass is 321 g/mol. The molecule has 0 saturated carbocycles. The average molecular weight is 322 g/mol. The predicted octanol–water partition coefficient (Wildman–Crippen LogP) is 3.87. The number of amides is 1. The van der Waals surface area contributed by atoms with E-state index in [0.29, 0.717) is 16.5 Å². The number of halogens is 1. The third-order valence-corrected chi connectivity index (χ3v) is 4.09. The van der Waals surface area contributed by atoms with E-state index in [1.165, 1.54) is 11.8 Å². The average Bonchev–Trinajstić information content (AvgIpc) is 2.40. The predicted molar refractivity (Wildman–Crippen MR) is 86.9 cm³/mol. The van der Waals surface area contributed by atoms with E-state index >= 15 is 0 Å². The number of nitrogens with one attached hydrogen (secondary N) is 1. The van der Waals surface area contributed by atoms with Crippen LogP contribution in [0.2, 0.25) is 5.02 Å². The molecule has 0 aliphatic heterocycles. The molecule has 1 N–H and O–H groups in total. The maximum atomic E-state index is 12.2. The summed E-state index contributed by atoms with van der Waals surface area (Å²) in [7, 11) is 0. The molecule has 0 saturated heterocycles. The summed E-state index contributed by atoms with van der Waals surface area (Å²) in [5.41, 5.74) is 1.51. The van der Waals surface area contributed by atoms with Crippen LogP contribution < -0.4 is 5.32 Å². The summed E-state index contributed by atoms with van der Waals surface area (Å²) in [5.74, 6) is 0.596. The van der Waals surface area contributed by atoms with Crippen LogP contribution in [0, 0.1) is 13.8 Å². The van der Waals surface area contributed by atoms with Crippen LogP contribution in [0.25, 0.3) is 0 Å². The number of carbonyl (C=O) groups excluding carboxylic acids is 1. The van der Waals surface area contributed by atoms with E-state index in [1.807, 2.05) is 39.0 Å². The van der Waals surface area contributed by atoms with E-state index in [1.54, 1.807) is 12.1 Å². The molecule has 1 atom stereocenters. The summed E-state index contributed by atoms with van der Waals surface area (Å²) in [6.07, 6.45) is 0. The van der Waals surface area contributed by atoms with Crippen LogP contribution in [0.3, 0.4) is 0 Å². The van der Waals surface area contributed by atoms with Gasteiger partial charge in [-0.3, -0.25) is 4.79 Å². The lowest BCUT2D eigenvalue weighted by Crippen LogP contribution is -2.22. The molecule has 4 nitrogen and oxygen atoms in total. The van der Waals surface area contributed by atoms with Gasteiger partial charge in [-0.15, -0.1) is 0 Å². The largest absolute Gasteiger partial charge is 0.324 e. The van der Waals surface area contributed by atoms with Crippen molar-refractivity contribution in [2.75, 3.05) is 5.32 Å². The van der Waals surface area contributed by atoms with Gasteiger partial charge in [0.2, 0.25) is 5.91 Å². The van der Waals surface area contributed by atoms with Gasteiger partial charge >= 0.3 is 0 Å². The fourth-order valence-corrected chi connectivity index (χ4v) is 2.91. The lowest BCUT2D eigenvalue weighted by molar-refractivity contribution is -0.115. The van der Waals surface area contributed by atoms with Crippen LogP contribution in [-0.2, 0) is 4.79 Å². The van der Waals surface area contributed by atoms with Gasteiger partial charge in [0.15, 0.2) is 0 Å². The molecule has 0 fully saturated rings. The Morgan fingerprint density at radius 1 is 1.29 bits per heavy atom. The number of anilines is 1. The first-order valence-corrected chi connectivity index (χ1v) is 7.76. The first kappa shape index (κ1) is 15.8. The molecule has 21 heavy (non-hydrogen) atoms. The van der Waals surface area contributed by atoms with E-state index < -0.39 is 0 Å². The fourth-order valence-electron chi connectivity index (χ4n) is 1.77. The maximum Gasteiger partial charge on any atom is 0.237 e. The number of carbonyl (C=O) groups is 1. The highest BCUT2D eigenvalue weighted by molar-refractivity contribution is 8.00. The molecule has 0 radical (unpaired) electrons. The maximum absolute atomic E-state index is 12.2. The van der Waals surface area contributed by atoms with Gasteiger partial charge in [0, 0.05) is 5.69 Å². The van der Waals surface area contributed by atoms with Crippen LogP contribution >= 0.6 is 23.4 Å². The second kappa shape index (κ2) is 6.91. The van der Waals surface area contributed by atoms with Gasteiger partial charge in [-0.1, -0.05) is 35.5 Å². The molecule has 1 heterocycles. The van der Waals surface area contributed by atoms with Gasteiger partial charge in [-0.2, -0.15) is 0 Å². The number of benzene rings is 1. The molecule has 2 aromatic rings. The smallest absolute Gasteiger partial charge is 0.237 e. The molecular weight excluding hydrogens is 306 g/mol. The highest BCUT2D eigenvalue weighted by Gasteiger charge is 2.16. The minimum absolute atomic E-state index is 0.109. The summed E-state index contributed by atoms with van der Waals surface area (Å²) >= 11 is 7.43. The number of aryl methyl sites for hydroxylation is 2. The Bertz CT molecular complexity index is 643. The molecular formula is C15H16ClN3OS. The van der Waals surface area contributed by atoms with Crippen molar-refractivity contribution in [3.8, 4) is 0 Å². The van der Waals surface area contributed by atoms with Gasteiger partial charge in [0.05, 0.1) is 16.0 Å². The quantitative estimate of drug-likeness (QED) is 0.686. The molecule has 0 spiro atoms. The standard InChI is InChI=1S/C15H16ClN3OS/c1-9-8-14(18-11(3)17-9)21-10(2)15(20)19-13-7-5-4-6-12(13)16/h4-8,10H,1-3H3,(H,19,20). The van der Waals surface area contributed by atoms with Gasteiger partial charge in [-0.25, -0.2) is 9.97 Å². The SMILES string of the molecule is Cc1cc(SC(C)C(=O)Nc2ccccc2Cl)nc(C)n1. The van der Waals surface area contributed by atoms with Crippen LogP contribution in [0.4, 0.5) is 5.69 Å². The lowest BCUT2D eigenvalue weighted by Gasteiger charge is -2.12. The number of aromatic nitrogens is 2. The molecule has 1 unspecified atom stereocenters. The number of para-hydroxylation sites is 1. The van der Waals surface area contributed by atoms with E-state index in [2.05, 4.69) is 15.3 Å². The molecule has 0 bridgehead atoms. The van der Waals surface area contributed by atoms with E-state index in [-0.39, 0.29) is 11.2 Å². The zero-order valence-electron chi connectivity index (χ0n) is 12.1. The number of rotatable bonds is 4. The van der Waals surface area contributed by atoms with Crippen LogP contribution in [0.1, 0.15) is 18.4 Å². The number of hydrogen-bond donors (Lipinski definition) is 1. The zero-order valence-corrected chi connectivity index (χ0v) is 13.6. The van der Waals surface area contributed by atoms with E-state index in [9.17, 15) is 4.79 Å². The van der Waals surface area contributed by atoms with Gasteiger partial charge in [-0.05, 0) is 39.0 Å². The molecule has 1 amide bonds. The van der Waals surface area contributed by atoms with Crippen molar-refractivity contribution in [1.29, 1.82) is 0 Å². The second-order valence-corrected chi connectivity index (χ2v) is 6.39. The number of hydrogen-bond acceptors (Lipinski definition) is 4. The first-order valence-electron chi connectivity index (χ1n) is 6.50. The topological polar surface area (TPSA) is 54.9 Å². The van der Waals surface area contributed by atoms with Crippen LogP contribution in [0.15, 0.2) is 35.4 Å². The molecule has 0 aliphatic rings. The van der Waals surface area contributed by atoms with Crippen molar-refractivity contribution < 1.29 is 4.79 Å². The lowest BCUT2D eigenvalue weighted by atomic mass is 10.3. The van der Waals surface area contributed by atoms with Crippen molar-refractivity contribution in [3.63, 3.8) is 0 Å². The first-order chi connectivity index (χ1) is 9.95. The normalized spacial score (nSPS) is 12.0. The summed E-state index contributed by atoms with van der Waals surface area (Å²) in [5, 5.41) is 3.86. The van der Waals surface area contributed by atoms with Gasteiger partial charge < -0.3 is 5.32 Å². The minimum Gasteiger partial charge on any atom is -0.324 e. The Balaban J connectivity index is 2.04. The Hall–Kier alpha value is -1.59. The number of thioether (sulfide) groups is 1. The highest BCUT2D eigenvalue weighted by atomic mass is 35.5. The molecule has 1 aromatic carbocycles. The van der Waals surface area contributed by atoms with Crippen molar-refractivity contribution >= 4 is 35.0 Å². The Labute approximate surface area is 133 Å². The van der Waals surface area contributed by atoms with Crippen LogP contribution in [-0.4, -0.2) is 21.1 Å². The van der Waals surface area contributed by atoms with Gasteiger partial charge in [0.1, 0.15) is 10.9 Å². The van der Waals surface area contributed by atoms with Crippen molar-refractivity contribution in [2.24, 2.45) is 0 Å². The molecule has 0 aliphatic carbocycles.